The summed E-state index contributed by atoms with van der Waals surface area (Å²) in [6, 6.07) is 10.8. The van der Waals surface area contributed by atoms with Crippen molar-refractivity contribution < 1.29 is 15.0 Å². The third-order valence-electron chi connectivity index (χ3n) is 2.98. The van der Waals surface area contributed by atoms with Crippen LogP contribution in [0, 0.1) is 0 Å². The Balaban J connectivity index is 2.11. The van der Waals surface area contributed by atoms with Gasteiger partial charge in [0, 0.05) is 6.20 Å². The minimum atomic E-state index is -1.12. The maximum absolute atomic E-state index is 11.0. The van der Waals surface area contributed by atoms with E-state index >= 15 is 0 Å². The molecule has 2 aromatic rings. The van der Waals surface area contributed by atoms with Gasteiger partial charge >= 0.3 is 5.97 Å². The van der Waals surface area contributed by atoms with Gasteiger partial charge in [0.05, 0.1) is 23.2 Å². The molecule has 0 aliphatic heterocycles. The number of benzene rings is 1. The first-order valence-electron chi connectivity index (χ1n) is 6.40. The van der Waals surface area contributed by atoms with Crippen LogP contribution >= 0.6 is 11.6 Å². The average Bonchev–Trinajstić information content (AvgIpc) is 2.49. The number of aliphatic hydroxyl groups excluding tert-OH is 1. The van der Waals surface area contributed by atoms with E-state index in [1.54, 1.807) is 0 Å². The highest BCUT2D eigenvalue weighted by molar-refractivity contribution is 6.33. The van der Waals surface area contributed by atoms with Crippen LogP contribution in [0.4, 0.5) is 5.82 Å². The van der Waals surface area contributed by atoms with Gasteiger partial charge in [-0.1, -0.05) is 41.9 Å². The molecule has 0 saturated heterocycles. The fourth-order valence-corrected chi connectivity index (χ4v) is 2.13. The first kappa shape index (κ1) is 15.3. The molecule has 0 fully saturated rings. The van der Waals surface area contributed by atoms with Gasteiger partial charge in [0.15, 0.2) is 0 Å². The highest BCUT2D eigenvalue weighted by atomic mass is 35.5. The lowest BCUT2D eigenvalue weighted by Gasteiger charge is -2.17. The number of rotatable bonds is 6. The van der Waals surface area contributed by atoms with Crippen molar-refractivity contribution in [3.63, 3.8) is 0 Å². The van der Waals surface area contributed by atoms with Crippen LogP contribution in [-0.2, 0) is 6.42 Å². The van der Waals surface area contributed by atoms with Crippen LogP contribution in [-0.4, -0.2) is 33.8 Å². The van der Waals surface area contributed by atoms with Crippen LogP contribution in [0.15, 0.2) is 42.6 Å². The van der Waals surface area contributed by atoms with E-state index in [4.69, 9.17) is 16.7 Å². The van der Waals surface area contributed by atoms with Gasteiger partial charge in [0.1, 0.15) is 5.82 Å². The number of aliphatic hydroxyl groups is 1. The lowest BCUT2D eigenvalue weighted by Crippen LogP contribution is -2.27. The molecule has 1 heterocycles. The number of pyridine rings is 1. The van der Waals surface area contributed by atoms with Gasteiger partial charge in [-0.25, -0.2) is 9.78 Å². The summed E-state index contributed by atoms with van der Waals surface area (Å²) in [5.74, 6) is -0.749. The van der Waals surface area contributed by atoms with E-state index in [0.717, 1.165) is 5.56 Å². The molecule has 0 amide bonds. The molecule has 1 unspecified atom stereocenters. The van der Waals surface area contributed by atoms with Crippen LogP contribution in [0.25, 0.3) is 0 Å². The Morgan fingerprint density at radius 2 is 2.05 bits per heavy atom. The second kappa shape index (κ2) is 7.06. The largest absolute Gasteiger partial charge is 0.478 e. The number of carboxylic acids is 1. The van der Waals surface area contributed by atoms with Gasteiger partial charge in [-0.15, -0.1) is 0 Å². The summed E-state index contributed by atoms with van der Waals surface area (Å²) >= 11 is 5.77. The molecule has 110 valence electrons. The number of nitrogens with one attached hydrogen (secondary N) is 1. The molecule has 0 aliphatic carbocycles. The van der Waals surface area contributed by atoms with Gasteiger partial charge < -0.3 is 15.5 Å². The van der Waals surface area contributed by atoms with Crippen molar-refractivity contribution in [1.82, 2.24) is 4.98 Å². The van der Waals surface area contributed by atoms with Crippen molar-refractivity contribution in [2.45, 2.75) is 12.5 Å². The fraction of sp³-hybridized carbons (Fsp3) is 0.200. The lowest BCUT2D eigenvalue weighted by molar-refractivity contribution is 0.0697. The highest BCUT2D eigenvalue weighted by Gasteiger charge is 2.13. The van der Waals surface area contributed by atoms with Crippen molar-refractivity contribution in [3.05, 3.63) is 58.7 Å². The van der Waals surface area contributed by atoms with Gasteiger partial charge in [-0.3, -0.25) is 0 Å². The summed E-state index contributed by atoms with van der Waals surface area (Å²) in [7, 11) is 0. The minimum Gasteiger partial charge on any atom is -0.478 e. The Hall–Kier alpha value is -2.11. The van der Waals surface area contributed by atoms with Gasteiger partial charge in [-0.05, 0) is 18.1 Å². The van der Waals surface area contributed by atoms with Gasteiger partial charge in [0.2, 0.25) is 0 Å². The maximum Gasteiger partial charge on any atom is 0.337 e. The number of carboxylic acid groups (broad SMARTS) is 1. The van der Waals surface area contributed by atoms with Crippen LogP contribution in [0.5, 0.6) is 0 Å². The summed E-state index contributed by atoms with van der Waals surface area (Å²) in [6.07, 6.45) is 1.88. The number of halogens is 1. The zero-order valence-corrected chi connectivity index (χ0v) is 11.9. The molecule has 21 heavy (non-hydrogen) atoms. The monoisotopic (exact) mass is 306 g/mol. The molecule has 0 radical (unpaired) electrons. The van der Waals surface area contributed by atoms with Crippen molar-refractivity contribution in [2.24, 2.45) is 0 Å². The average molecular weight is 307 g/mol. The van der Waals surface area contributed by atoms with Crippen molar-refractivity contribution in [1.29, 1.82) is 0 Å². The smallest absolute Gasteiger partial charge is 0.337 e. The van der Waals surface area contributed by atoms with Crippen LogP contribution in [0.1, 0.15) is 15.9 Å². The standard InChI is InChI=1S/C15H15ClN2O3/c16-13-8-17-14(7-12(13)15(20)21)18-11(9-19)6-10-4-2-1-3-5-10/h1-5,7-8,11,19H,6,9H2,(H,17,18)(H,20,21). The molecule has 5 nitrogen and oxygen atoms in total. The van der Waals surface area contributed by atoms with E-state index in [-0.39, 0.29) is 23.2 Å². The SMILES string of the molecule is O=C(O)c1cc(NC(CO)Cc2ccccc2)ncc1Cl. The minimum absolute atomic E-state index is 0.0226. The van der Waals surface area contributed by atoms with Crippen LogP contribution in [0.2, 0.25) is 5.02 Å². The first-order chi connectivity index (χ1) is 10.1. The van der Waals surface area contributed by atoms with Gasteiger partial charge in [0.25, 0.3) is 0 Å². The fourth-order valence-electron chi connectivity index (χ4n) is 1.95. The normalized spacial score (nSPS) is 11.9. The predicted molar refractivity (Wildman–Crippen MR) is 80.8 cm³/mol. The first-order valence-corrected chi connectivity index (χ1v) is 6.78. The second-order valence-corrected chi connectivity index (χ2v) is 4.98. The van der Waals surface area contributed by atoms with Gasteiger partial charge in [-0.2, -0.15) is 0 Å². The molecular weight excluding hydrogens is 292 g/mol. The van der Waals surface area contributed by atoms with Crippen molar-refractivity contribution in [2.75, 3.05) is 11.9 Å². The maximum atomic E-state index is 11.0. The Bertz CT molecular complexity index is 620. The summed E-state index contributed by atoms with van der Waals surface area (Å²) in [5.41, 5.74) is 1.04. The summed E-state index contributed by atoms with van der Waals surface area (Å²) in [4.78, 5) is 15.1. The quantitative estimate of drug-likeness (QED) is 0.763. The molecule has 6 heteroatoms. The van der Waals surface area contributed by atoms with E-state index in [9.17, 15) is 9.90 Å². The molecule has 2 rings (SSSR count). The molecule has 0 spiro atoms. The second-order valence-electron chi connectivity index (χ2n) is 4.57. The lowest BCUT2D eigenvalue weighted by atomic mass is 10.1. The zero-order valence-electron chi connectivity index (χ0n) is 11.2. The summed E-state index contributed by atoms with van der Waals surface area (Å²) in [6.45, 7) is -0.0956. The molecule has 1 aromatic carbocycles. The van der Waals surface area contributed by atoms with Crippen molar-refractivity contribution >= 4 is 23.4 Å². The Morgan fingerprint density at radius 3 is 2.67 bits per heavy atom. The number of hydrogen-bond acceptors (Lipinski definition) is 4. The Labute approximate surface area is 127 Å². The number of aromatic nitrogens is 1. The topological polar surface area (TPSA) is 82.5 Å². The van der Waals surface area contributed by atoms with E-state index in [1.165, 1.54) is 12.3 Å². The van der Waals surface area contributed by atoms with E-state index in [2.05, 4.69) is 10.3 Å². The van der Waals surface area contributed by atoms with E-state index in [1.807, 2.05) is 30.3 Å². The third-order valence-corrected chi connectivity index (χ3v) is 3.28. The predicted octanol–water partition coefficient (Wildman–Crippen LogP) is 2.45. The molecule has 3 N–H and O–H groups in total. The molecule has 1 atom stereocenters. The van der Waals surface area contributed by atoms with Crippen LogP contribution in [0.3, 0.4) is 0 Å². The zero-order chi connectivity index (χ0) is 15.2. The molecular formula is C15H15ClN2O3. The third kappa shape index (κ3) is 4.18. The summed E-state index contributed by atoms with van der Waals surface area (Å²) < 4.78 is 0. The molecule has 1 aromatic heterocycles. The molecule has 0 bridgehead atoms. The van der Waals surface area contributed by atoms with E-state index in [0.29, 0.717) is 12.2 Å². The number of hydrogen-bond donors (Lipinski definition) is 3. The molecule has 0 saturated carbocycles. The Morgan fingerprint density at radius 1 is 1.33 bits per heavy atom. The van der Waals surface area contributed by atoms with Crippen LogP contribution < -0.4 is 5.32 Å². The number of anilines is 1. The summed E-state index contributed by atoms with van der Waals surface area (Å²) in [5, 5.41) is 21.6. The Kier molecular flexibility index (Phi) is 5.14. The number of aromatic carboxylic acids is 1. The molecule has 0 aliphatic rings. The van der Waals surface area contributed by atoms with E-state index < -0.39 is 5.97 Å². The number of nitrogens with zero attached hydrogens (tertiary/aromatic N) is 1. The number of carbonyl (C=O) groups is 1. The highest BCUT2D eigenvalue weighted by Crippen LogP contribution is 2.19. The van der Waals surface area contributed by atoms with Crippen molar-refractivity contribution in [3.8, 4) is 0 Å².